The predicted octanol–water partition coefficient (Wildman–Crippen LogP) is 1.48. The number of carboxylic acids is 3. The molecule has 94 valence electrons. The lowest BCUT2D eigenvalue weighted by Gasteiger charge is -1.88. The van der Waals surface area contributed by atoms with Crippen molar-refractivity contribution in [2.45, 2.75) is 6.42 Å². The molecule has 0 saturated heterocycles. The molecule has 0 aromatic rings. The lowest BCUT2D eigenvalue weighted by atomic mass is 10.2. The number of hydrogen-bond acceptors (Lipinski definition) is 3. The molecule has 0 radical (unpaired) electrons. The molecule has 0 heterocycles. The topological polar surface area (TPSA) is 112 Å². The van der Waals surface area contributed by atoms with Crippen molar-refractivity contribution >= 4 is 29.5 Å². The SMILES string of the molecule is C=C(Cl)CC(=O)O.C=C/C(=C/C(=O)O)C(=O)O. The first-order chi connectivity index (χ1) is 7.70. The van der Waals surface area contributed by atoms with E-state index in [4.69, 9.17) is 26.9 Å². The lowest BCUT2D eigenvalue weighted by Crippen LogP contribution is -2.00. The van der Waals surface area contributed by atoms with E-state index in [9.17, 15) is 14.4 Å². The van der Waals surface area contributed by atoms with Gasteiger partial charge in [0.2, 0.25) is 0 Å². The van der Waals surface area contributed by atoms with Crippen molar-refractivity contribution in [3.05, 3.63) is 35.9 Å². The first kappa shape index (κ1) is 17.3. The van der Waals surface area contributed by atoms with Crippen molar-refractivity contribution in [3.63, 3.8) is 0 Å². The fourth-order valence-electron chi connectivity index (χ4n) is 0.505. The highest BCUT2D eigenvalue weighted by Gasteiger charge is 2.03. The minimum absolute atomic E-state index is 0.151. The highest BCUT2D eigenvalue weighted by Crippen LogP contribution is 2.00. The Morgan fingerprint density at radius 1 is 1.18 bits per heavy atom. The number of aliphatic carboxylic acids is 3. The van der Waals surface area contributed by atoms with Gasteiger partial charge in [-0.15, -0.1) is 0 Å². The molecule has 0 aliphatic rings. The van der Waals surface area contributed by atoms with Crippen molar-refractivity contribution in [1.82, 2.24) is 0 Å². The van der Waals surface area contributed by atoms with Gasteiger partial charge in [-0.3, -0.25) is 4.79 Å². The van der Waals surface area contributed by atoms with Crippen LogP contribution in [0.25, 0.3) is 0 Å². The average Bonchev–Trinajstić information content (AvgIpc) is 2.11. The molecule has 0 aliphatic heterocycles. The summed E-state index contributed by atoms with van der Waals surface area (Å²) in [6.45, 7) is 6.30. The summed E-state index contributed by atoms with van der Waals surface area (Å²) in [4.78, 5) is 29.6. The second-order valence-electron chi connectivity index (χ2n) is 2.53. The first-order valence-corrected chi connectivity index (χ1v) is 4.44. The zero-order valence-electron chi connectivity index (χ0n) is 8.72. The second-order valence-corrected chi connectivity index (χ2v) is 3.07. The van der Waals surface area contributed by atoms with E-state index >= 15 is 0 Å². The predicted molar refractivity (Wildman–Crippen MR) is 60.8 cm³/mol. The molecule has 0 aromatic heterocycles. The van der Waals surface area contributed by atoms with Crippen LogP contribution in [0, 0.1) is 0 Å². The molecule has 0 saturated carbocycles. The van der Waals surface area contributed by atoms with Crippen LogP contribution < -0.4 is 0 Å². The summed E-state index contributed by atoms with van der Waals surface area (Å²) in [6.07, 6.45) is 1.40. The maximum atomic E-state index is 10.1. The summed E-state index contributed by atoms with van der Waals surface area (Å²) in [7, 11) is 0. The third-order valence-electron chi connectivity index (χ3n) is 1.09. The number of hydrogen-bond donors (Lipinski definition) is 3. The highest BCUT2D eigenvalue weighted by molar-refractivity contribution is 6.30. The minimum Gasteiger partial charge on any atom is -0.481 e. The number of rotatable bonds is 5. The summed E-state index contributed by atoms with van der Waals surface area (Å²) in [5, 5.41) is 24.4. The summed E-state index contributed by atoms with van der Waals surface area (Å²) in [5.74, 6) is -3.53. The number of carboxylic acid groups (broad SMARTS) is 3. The van der Waals surface area contributed by atoms with E-state index in [1.54, 1.807) is 0 Å². The monoisotopic (exact) mass is 262 g/mol. The summed E-state index contributed by atoms with van der Waals surface area (Å²) in [5.41, 5.74) is -0.326. The summed E-state index contributed by atoms with van der Waals surface area (Å²) < 4.78 is 0. The maximum Gasteiger partial charge on any atom is 0.335 e. The molecule has 6 nitrogen and oxygen atoms in total. The molecular formula is C10H11ClO6. The van der Waals surface area contributed by atoms with E-state index in [1.165, 1.54) is 0 Å². The first-order valence-electron chi connectivity index (χ1n) is 4.06. The fraction of sp³-hybridized carbons (Fsp3) is 0.100. The van der Waals surface area contributed by atoms with Gasteiger partial charge in [-0.1, -0.05) is 30.8 Å². The Balaban J connectivity index is 0. The van der Waals surface area contributed by atoms with Gasteiger partial charge in [0.05, 0.1) is 12.0 Å². The molecule has 0 fully saturated rings. The van der Waals surface area contributed by atoms with Crippen LogP contribution in [0.5, 0.6) is 0 Å². The van der Waals surface area contributed by atoms with Crippen LogP contribution in [0.1, 0.15) is 6.42 Å². The molecular weight excluding hydrogens is 252 g/mol. The highest BCUT2D eigenvalue weighted by atomic mass is 35.5. The van der Waals surface area contributed by atoms with Crippen LogP contribution in [0.2, 0.25) is 0 Å². The Kier molecular flexibility index (Phi) is 9.34. The van der Waals surface area contributed by atoms with Crippen LogP contribution in [0.15, 0.2) is 35.9 Å². The van der Waals surface area contributed by atoms with Crippen LogP contribution >= 0.6 is 11.6 Å². The molecule has 0 atom stereocenters. The Morgan fingerprint density at radius 2 is 1.65 bits per heavy atom. The van der Waals surface area contributed by atoms with Gasteiger partial charge < -0.3 is 15.3 Å². The molecule has 0 aliphatic carbocycles. The largest absolute Gasteiger partial charge is 0.481 e. The summed E-state index contributed by atoms with van der Waals surface area (Å²) in [6, 6.07) is 0. The molecule has 0 spiro atoms. The van der Waals surface area contributed by atoms with E-state index in [2.05, 4.69) is 13.2 Å². The molecule has 0 rings (SSSR count). The van der Waals surface area contributed by atoms with E-state index in [1.807, 2.05) is 0 Å². The zero-order valence-corrected chi connectivity index (χ0v) is 9.48. The number of carbonyl (C=O) groups is 3. The Labute approximate surface area is 102 Å². The summed E-state index contributed by atoms with van der Waals surface area (Å²) >= 11 is 5.10. The molecule has 0 unspecified atom stereocenters. The molecule has 0 aromatic carbocycles. The van der Waals surface area contributed by atoms with Gasteiger partial charge in [-0.05, 0) is 0 Å². The van der Waals surface area contributed by atoms with Gasteiger partial charge in [-0.2, -0.15) is 0 Å². The fourth-order valence-corrected chi connectivity index (χ4v) is 0.619. The van der Waals surface area contributed by atoms with E-state index in [0.717, 1.165) is 6.08 Å². The van der Waals surface area contributed by atoms with Gasteiger partial charge in [0.1, 0.15) is 0 Å². The van der Waals surface area contributed by atoms with E-state index in [0.29, 0.717) is 6.08 Å². The smallest absolute Gasteiger partial charge is 0.335 e. The van der Waals surface area contributed by atoms with Crippen LogP contribution in [-0.4, -0.2) is 33.2 Å². The second kappa shape index (κ2) is 9.17. The Morgan fingerprint density at radius 3 is 1.71 bits per heavy atom. The van der Waals surface area contributed by atoms with Crippen molar-refractivity contribution in [3.8, 4) is 0 Å². The lowest BCUT2D eigenvalue weighted by molar-refractivity contribution is -0.136. The van der Waals surface area contributed by atoms with Crippen LogP contribution in [0.3, 0.4) is 0 Å². The van der Waals surface area contributed by atoms with Crippen molar-refractivity contribution < 1.29 is 29.7 Å². The minimum atomic E-state index is -1.29. The standard InChI is InChI=1S/C6H6O4.C4H5ClO2/c1-2-4(6(9)10)3-5(7)8;1-3(5)2-4(6)7/h2-3H,1H2,(H,7,8)(H,9,10);1-2H2,(H,6,7)/b4-3-;. The molecule has 7 heteroatoms. The van der Waals surface area contributed by atoms with Crippen molar-refractivity contribution in [1.29, 1.82) is 0 Å². The molecule has 0 amide bonds. The van der Waals surface area contributed by atoms with Gasteiger partial charge in [0, 0.05) is 11.1 Å². The Hall–Kier alpha value is -2.08. The number of halogens is 1. The van der Waals surface area contributed by atoms with Crippen molar-refractivity contribution in [2.75, 3.05) is 0 Å². The van der Waals surface area contributed by atoms with E-state index in [-0.39, 0.29) is 17.0 Å². The average molecular weight is 263 g/mol. The normalized spacial score (nSPS) is 9.59. The molecule has 17 heavy (non-hydrogen) atoms. The third-order valence-corrected chi connectivity index (χ3v) is 1.22. The van der Waals surface area contributed by atoms with Gasteiger partial charge in [0.25, 0.3) is 0 Å². The zero-order chi connectivity index (χ0) is 14.0. The van der Waals surface area contributed by atoms with Crippen LogP contribution in [-0.2, 0) is 14.4 Å². The maximum absolute atomic E-state index is 10.1. The van der Waals surface area contributed by atoms with Gasteiger partial charge in [0.15, 0.2) is 0 Å². The van der Waals surface area contributed by atoms with Gasteiger partial charge >= 0.3 is 17.9 Å². The third kappa shape index (κ3) is 13.9. The van der Waals surface area contributed by atoms with Gasteiger partial charge in [-0.25, -0.2) is 9.59 Å². The quantitative estimate of drug-likeness (QED) is 0.511. The van der Waals surface area contributed by atoms with E-state index < -0.39 is 17.9 Å². The molecule has 3 N–H and O–H groups in total. The van der Waals surface area contributed by atoms with Crippen LogP contribution in [0.4, 0.5) is 0 Å². The van der Waals surface area contributed by atoms with Crippen molar-refractivity contribution in [2.24, 2.45) is 0 Å². The Bertz CT molecular complexity index is 357. The molecule has 0 bridgehead atoms.